The summed E-state index contributed by atoms with van der Waals surface area (Å²) in [7, 11) is 0. The molecule has 136 valence electrons. The highest BCUT2D eigenvalue weighted by Crippen LogP contribution is 2.35. The summed E-state index contributed by atoms with van der Waals surface area (Å²) in [5.74, 6) is 0.652. The highest BCUT2D eigenvalue weighted by atomic mass is 16.3. The fraction of sp³-hybridized carbons (Fsp3) is 0.611. The molecule has 1 aromatic rings. The summed E-state index contributed by atoms with van der Waals surface area (Å²) in [6.45, 7) is 1.39. The minimum Gasteiger partial charge on any atom is -0.459 e. The largest absolute Gasteiger partial charge is 0.459 e. The second-order valence-corrected chi connectivity index (χ2v) is 6.87. The van der Waals surface area contributed by atoms with E-state index in [1.165, 1.54) is 38.0 Å². The summed E-state index contributed by atoms with van der Waals surface area (Å²) in [5, 5.41) is 5.03. The molecule has 0 unspecified atom stereocenters. The molecule has 0 aromatic carbocycles. The zero-order chi connectivity index (χ0) is 17.6. The first-order valence-electron chi connectivity index (χ1n) is 8.99. The number of furan rings is 1. The van der Waals surface area contributed by atoms with Gasteiger partial charge in [0.25, 0.3) is 5.91 Å². The van der Waals surface area contributed by atoms with E-state index in [2.05, 4.69) is 10.6 Å². The van der Waals surface area contributed by atoms with Crippen LogP contribution in [0.1, 0.15) is 42.7 Å². The van der Waals surface area contributed by atoms with Crippen molar-refractivity contribution in [2.24, 2.45) is 11.8 Å². The Balaban J connectivity index is 1.37. The minimum absolute atomic E-state index is 0.0210. The van der Waals surface area contributed by atoms with Crippen molar-refractivity contribution in [1.82, 2.24) is 15.5 Å². The molecule has 2 atom stereocenters. The zero-order valence-electron chi connectivity index (χ0n) is 14.3. The molecule has 1 aromatic heterocycles. The molecule has 7 nitrogen and oxygen atoms in total. The lowest BCUT2D eigenvalue weighted by Gasteiger charge is -2.41. The minimum atomic E-state index is -0.453. The number of carbonyl (C=O) groups is 3. The maximum absolute atomic E-state index is 12.3. The van der Waals surface area contributed by atoms with Gasteiger partial charge >= 0.3 is 0 Å². The molecule has 2 heterocycles. The van der Waals surface area contributed by atoms with E-state index in [4.69, 9.17) is 4.42 Å². The van der Waals surface area contributed by atoms with Crippen molar-refractivity contribution in [1.29, 1.82) is 0 Å². The summed E-state index contributed by atoms with van der Waals surface area (Å²) in [5.41, 5.74) is 0. The van der Waals surface area contributed by atoms with E-state index >= 15 is 0 Å². The van der Waals surface area contributed by atoms with E-state index < -0.39 is 5.91 Å². The Labute approximate surface area is 147 Å². The van der Waals surface area contributed by atoms with Crippen LogP contribution in [0.25, 0.3) is 0 Å². The summed E-state index contributed by atoms with van der Waals surface area (Å²) < 4.78 is 4.94. The third kappa shape index (κ3) is 4.61. The zero-order valence-corrected chi connectivity index (χ0v) is 14.3. The summed E-state index contributed by atoms with van der Waals surface area (Å²) in [4.78, 5) is 37.7. The van der Waals surface area contributed by atoms with Crippen LogP contribution in [0.2, 0.25) is 0 Å². The molecule has 0 radical (unpaired) electrons. The van der Waals surface area contributed by atoms with E-state index in [9.17, 15) is 14.4 Å². The van der Waals surface area contributed by atoms with Crippen LogP contribution in [-0.4, -0.2) is 48.8 Å². The molecule has 1 aliphatic carbocycles. The van der Waals surface area contributed by atoms with Gasteiger partial charge in [-0.2, -0.15) is 0 Å². The van der Waals surface area contributed by atoms with Gasteiger partial charge in [-0.05, 0) is 36.8 Å². The van der Waals surface area contributed by atoms with E-state index in [0.717, 1.165) is 25.4 Å². The fourth-order valence-corrected chi connectivity index (χ4v) is 3.83. The first-order chi connectivity index (χ1) is 12.1. The molecule has 2 aliphatic rings. The molecular weight excluding hydrogens is 322 g/mol. The van der Waals surface area contributed by atoms with E-state index in [1.807, 2.05) is 4.90 Å². The third-order valence-electron chi connectivity index (χ3n) is 5.24. The molecule has 1 saturated heterocycles. The Bertz CT molecular complexity index is 614. The lowest BCUT2D eigenvalue weighted by atomic mass is 9.75. The summed E-state index contributed by atoms with van der Waals surface area (Å²) in [6.07, 6.45) is 7.54. The lowest BCUT2D eigenvalue weighted by molar-refractivity contribution is -0.135. The molecule has 1 aliphatic heterocycles. The van der Waals surface area contributed by atoms with Gasteiger partial charge in [-0.3, -0.25) is 14.4 Å². The molecule has 1 saturated carbocycles. The predicted octanol–water partition coefficient (Wildman–Crippen LogP) is 1.16. The Morgan fingerprint density at radius 1 is 1.08 bits per heavy atom. The van der Waals surface area contributed by atoms with Crippen LogP contribution < -0.4 is 10.6 Å². The number of carbonyl (C=O) groups excluding carboxylic acids is 3. The van der Waals surface area contributed by atoms with E-state index in [0.29, 0.717) is 5.92 Å². The van der Waals surface area contributed by atoms with Crippen LogP contribution in [-0.2, 0) is 9.59 Å². The van der Waals surface area contributed by atoms with E-state index in [-0.39, 0.29) is 30.7 Å². The Morgan fingerprint density at radius 3 is 2.64 bits per heavy atom. The number of likely N-dealkylation sites (tertiary alicyclic amines) is 1. The van der Waals surface area contributed by atoms with Crippen molar-refractivity contribution in [3.05, 3.63) is 24.2 Å². The molecule has 3 rings (SSSR count). The van der Waals surface area contributed by atoms with Gasteiger partial charge in [0.1, 0.15) is 0 Å². The molecule has 0 bridgehead atoms. The molecule has 25 heavy (non-hydrogen) atoms. The number of fused-ring (bicyclic) bond motifs is 1. The molecule has 3 amide bonds. The first-order valence-corrected chi connectivity index (χ1v) is 8.99. The van der Waals surface area contributed by atoms with Crippen molar-refractivity contribution < 1.29 is 18.8 Å². The highest BCUT2D eigenvalue weighted by Gasteiger charge is 2.32. The molecular formula is C18H25N3O4. The van der Waals surface area contributed by atoms with Gasteiger partial charge in [0.2, 0.25) is 11.8 Å². The normalized spacial score (nSPS) is 22.8. The maximum Gasteiger partial charge on any atom is 0.287 e. The topological polar surface area (TPSA) is 91.6 Å². The number of piperidine rings is 1. The Hall–Kier alpha value is -2.31. The van der Waals surface area contributed by atoms with Crippen molar-refractivity contribution in [3.63, 3.8) is 0 Å². The van der Waals surface area contributed by atoms with Crippen LogP contribution in [0.15, 0.2) is 22.8 Å². The van der Waals surface area contributed by atoms with Crippen molar-refractivity contribution in [2.45, 2.75) is 32.1 Å². The fourth-order valence-electron chi connectivity index (χ4n) is 3.83. The van der Waals surface area contributed by atoms with Crippen molar-refractivity contribution in [3.8, 4) is 0 Å². The van der Waals surface area contributed by atoms with Gasteiger partial charge in [-0.25, -0.2) is 0 Å². The Morgan fingerprint density at radius 2 is 1.88 bits per heavy atom. The second kappa shape index (κ2) is 8.18. The molecule has 7 heteroatoms. The monoisotopic (exact) mass is 347 g/mol. The second-order valence-electron chi connectivity index (χ2n) is 6.87. The lowest BCUT2D eigenvalue weighted by Crippen LogP contribution is -2.49. The SMILES string of the molecule is O=C(CNC(=O)c1ccco1)NCC(=O)N1CC[C@H]2CCCC[C@H]2C1. The standard InChI is InChI=1S/C18H25N3O4/c22-16(10-20-18(24)15-6-3-9-25-15)19-11-17(23)21-8-7-13-4-1-2-5-14(13)12-21/h3,6,9,13-14H,1-2,4-5,7-8,10-12H2,(H,19,22)(H,20,24)/t13-,14+/m1/s1. The molecule has 0 spiro atoms. The highest BCUT2D eigenvalue weighted by molar-refractivity contribution is 5.94. The first kappa shape index (κ1) is 17.5. The average molecular weight is 347 g/mol. The van der Waals surface area contributed by atoms with Gasteiger partial charge in [0, 0.05) is 13.1 Å². The predicted molar refractivity (Wildman–Crippen MR) is 90.7 cm³/mol. The van der Waals surface area contributed by atoms with Gasteiger partial charge in [0.15, 0.2) is 5.76 Å². The van der Waals surface area contributed by atoms with Gasteiger partial charge in [0.05, 0.1) is 19.4 Å². The van der Waals surface area contributed by atoms with Crippen LogP contribution >= 0.6 is 0 Å². The van der Waals surface area contributed by atoms with Crippen LogP contribution in [0.5, 0.6) is 0 Å². The van der Waals surface area contributed by atoms with Crippen LogP contribution in [0.3, 0.4) is 0 Å². The van der Waals surface area contributed by atoms with Crippen LogP contribution in [0.4, 0.5) is 0 Å². The Kier molecular flexibility index (Phi) is 5.73. The third-order valence-corrected chi connectivity index (χ3v) is 5.24. The van der Waals surface area contributed by atoms with Crippen molar-refractivity contribution in [2.75, 3.05) is 26.2 Å². The molecule has 2 N–H and O–H groups in total. The number of amides is 3. The smallest absolute Gasteiger partial charge is 0.287 e. The summed E-state index contributed by atoms with van der Waals surface area (Å²) in [6, 6.07) is 3.12. The quantitative estimate of drug-likeness (QED) is 0.836. The number of hydrogen-bond acceptors (Lipinski definition) is 4. The molecule has 2 fully saturated rings. The van der Waals surface area contributed by atoms with E-state index in [1.54, 1.807) is 6.07 Å². The number of nitrogens with zero attached hydrogens (tertiary/aromatic N) is 1. The van der Waals surface area contributed by atoms with Crippen LogP contribution in [0, 0.1) is 11.8 Å². The maximum atomic E-state index is 12.3. The van der Waals surface area contributed by atoms with Gasteiger partial charge in [-0.1, -0.05) is 19.3 Å². The van der Waals surface area contributed by atoms with Gasteiger partial charge in [-0.15, -0.1) is 0 Å². The number of hydrogen-bond donors (Lipinski definition) is 2. The summed E-state index contributed by atoms with van der Waals surface area (Å²) >= 11 is 0. The van der Waals surface area contributed by atoms with Crippen molar-refractivity contribution >= 4 is 17.7 Å². The van der Waals surface area contributed by atoms with Gasteiger partial charge < -0.3 is 20.0 Å². The number of nitrogens with one attached hydrogen (secondary N) is 2. The number of rotatable bonds is 5. The average Bonchev–Trinajstić information content (AvgIpc) is 3.18.